The van der Waals surface area contributed by atoms with Crippen LogP contribution >= 0.6 is 0 Å². The summed E-state index contributed by atoms with van der Waals surface area (Å²) in [6.45, 7) is 18.2. The predicted molar refractivity (Wildman–Crippen MR) is 73.2 cm³/mol. The summed E-state index contributed by atoms with van der Waals surface area (Å²) in [6, 6.07) is 0. The van der Waals surface area contributed by atoms with Crippen molar-refractivity contribution >= 4 is 0 Å². The minimum absolute atomic E-state index is 0.875. The van der Waals surface area contributed by atoms with E-state index in [1.165, 1.54) is 19.3 Å². The SMILES string of the molecule is CC(C)CC(C)C.CCC(C)CC(C)C. The van der Waals surface area contributed by atoms with E-state index < -0.39 is 0 Å². The van der Waals surface area contributed by atoms with Crippen LogP contribution in [-0.2, 0) is 0 Å². The maximum absolute atomic E-state index is 2.32. The lowest BCUT2D eigenvalue weighted by atomic mass is 9.97. The van der Waals surface area contributed by atoms with Gasteiger partial charge >= 0.3 is 0 Å². The van der Waals surface area contributed by atoms with Crippen LogP contribution in [0.15, 0.2) is 0 Å². The quantitative estimate of drug-likeness (QED) is 0.545. The van der Waals surface area contributed by atoms with Crippen LogP contribution in [0, 0.1) is 23.7 Å². The molecule has 0 saturated carbocycles. The van der Waals surface area contributed by atoms with Crippen molar-refractivity contribution in [3.05, 3.63) is 0 Å². The Kier molecular flexibility index (Phi) is 12.2. The molecule has 0 aliphatic heterocycles. The molecule has 0 aromatic rings. The average Bonchev–Trinajstić information content (AvgIpc) is 2.01. The van der Waals surface area contributed by atoms with E-state index in [-0.39, 0.29) is 0 Å². The van der Waals surface area contributed by atoms with E-state index in [1.807, 2.05) is 0 Å². The van der Waals surface area contributed by atoms with E-state index in [1.54, 1.807) is 0 Å². The number of hydrogen-bond donors (Lipinski definition) is 0. The molecule has 0 fully saturated rings. The Balaban J connectivity index is 0. The minimum Gasteiger partial charge on any atom is -0.0651 e. The molecule has 0 saturated heterocycles. The van der Waals surface area contributed by atoms with Crippen molar-refractivity contribution in [1.82, 2.24) is 0 Å². The first-order chi connectivity index (χ1) is 6.79. The first kappa shape index (κ1) is 17.4. The lowest BCUT2D eigenvalue weighted by Gasteiger charge is -2.09. The topological polar surface area (TPSA) is 0 Å². The van der Waals surface area contributed by atoms with Gasteiger partial charge in [0.2, 0.25) is 0 Å². The summed E-state index contributed by atoms with van der Waals surface area (Å²) < 4.78 is 0. The first-order valence-electron chi connectivity index (χ1n) is 6.79. The van der Waals surface area contributed by atoms with E-state index in [9.17, 15) is 0 Å². The second-order valence-corrected chi connectivity index (χ2v) is 6.17. The molecule has 0 heteroatoms. The van der Waals surface area contributed by atoms with E-state index in [0.29, 0.717) is 0 Å². The van der Waals surface area contributed by atoms with Crippen LogP contribution in [0.25, 0.3) is 0 Å². The lowest BCUT2D eigenvalue weighted by molar-refractivity contribution is 0.429. The molecule has 0 radical (unpaired) electrons. The third kappa shape index (κ3) is 20.2. The molecule has 0 rings (SSSR count). The van der Waals surface area contributed by atoms with Gasteiger partial charge in [0, 0.05) is 0 Å². The molecule has 0 aromatic heterocycles. The van der Waals surface area contributed by atoms with Crippen molar-refractivity contribution in [2.75, 3.05) is 0 Å². The zero-order valence-corrected chi connectivity index (χ0v) is 12.4. The second-order valence-electron chi connectivity index (χ2n) is 6.17. The molecule has 0 heterocycles. The van der Waals surface area contributed by atoms with Crippen LogP contribution in [0.1, 0.15) is 74.7 Å². The van der Waals surface area contributed by atoms with Gasteiger partial charge in [-0.1, -0.05) is 61.8 Å². The monoisotopic (exact) mass is 214 g/mol. The second kappa shape index (κ2) is 10.5. The van der Waals surface area contributed by atoms with Crippen LogP contribution < -0.4 is 0 Å². The summed E-state index contributed by atoms with van der Waals surface area (Å²) >= 11 is 0. The highest BCUT2D eigenvalue weighted by Crippen LogP contribution is 2.12. The summed E-state index contributed by atoms with van der Waals surface area (Å²) in [7, 11) is 0. The molecule has 0 nitrogen and oxygen atoms in total. The lowest BCUT2D eigenvalue weighted by Crippen LogP contribution is -1.97. The Hall–Kier alpha value is 0. The predicted octanol–water partition coefficient (Wildman–Crippen LogP) is 5.77. The Morgan fingerprint density at radius 2 is 0.933 bits per heavy atom. The molecule has 0 aliphatic rings. The third-order valence-corrected chi connectivity index (χ3v) is 2.51. The fraction of sp³-hybridized carbons (Fsp3) is 1.00. The van der Waals surface area contributed by atoms with Crippen molar-refractivity contribution < 1.29 is 0 Å². The molecule has 0 spiro atoms. The highest BCUT2D eigenvalue weighted by molar-refractivity contribution is 4.52. The largest absolute Gasteiger partial charge is 0.0651 e. The zero-order valence-electron chi connectivity index (χ0n) is 12.4. The van der Waals surface area contributed by atoms with E-state index >= 15 is 0 Å². The summed E-state index contributed by atoms with van der Waals surface area (Å²) in [5, 5.41) is 0. The van der Waals surface area contributed by atoms with Crippen LogP contribution in [0.2, 0.25) is 0 Å². The smallest absolute Gasteiger partial charge is 0.0443 e. The van der Waals surface area contributed by atoms with Crippen LogP contribution in [0.5, 0.6) is 0 Å². The molecule has 1 atom stereocenters. The third-order valence-electron chi connectivity index (χ3n) is 2.51. The van der Waals surface area contributed by atoms with E-state index in [4.69, 9.17) is 0 Å². The van der Waals surface area contributed by atoms with Gasteiger partial charge in [0.1, 0.15) is 0 Å². The van der Waals surface area contributed by atoms with Gasteiger partial charge in [-0.2, -0.15) is 0 Å². The molecule has 94 valence electrons. The van der Waals surface area contributed by atoms with Crippen molar-refractivity contribution in [2.24, 2.45) is 23.7 Å². The summed E-state index contributed by atoms with van der Waals surface area (Å²) in [4.78, 5) is 0. The van der Waals surface area contributed by atoms with E-state index in [0.717, 1.165) is 23.7 Å². The van der Waals surface area contributed by atoms with Gasteiger partial charge < -0.3 is 0 Å². The maximum atomic E-state index is 2.32. The molecule has 0 bridgehead atoms. The van der Waals surface area contributed by atoms with Crippen molar-refractivity contribution in [1.29, 1.82) is 0 Å². The molecule has 1 unspecified atom stereocenters. The molecular formula is C15H34. The highest BCUT2D eigenvalue weighted by Gasteiger charge is 2.00. The molecule has 0 amide bonds. The molecule has 0 aromatic carbocycles. The van der Waals surface area contributed by atoms with Gasteiger partial charge in [-0.25, -0.2) is 0 Å². The van der Waals surface area contributed by atoms with E-state index in [2.05, 4.69) is 55.4 Å². The van der Waals surface area contributed by atoms with Crippen molar-refractivity contribution in [3.63, 3.8) is 0 Å². The molecule has 15 heavy (non-hydrogen) atoms. The summed E-state index contributed by atoms with van der Waals surface area (Å²) in [6.07, 6.45) is 4.08. The molecule has 0 aliphatic carbocycles. The van der Waals surface area contributed by atoms with Gasteiger partial charge in [0.15, 0.2) is 0 Å². The fourth-order valence-electron chi connectivity index (χ4n) is 1.91. The van der Waals surface area contributed by atoms with Gasteiger partial charge in [0.25, 0.3) is 0 Å². The van der Waals surface area contributed by atoms with Gasteiger partial charge in [-0.05, 0) is 36.5 Å². The molecular weight excluding hydrogens is 180 g/mol. The Bertz CT molecular complexity index is 105. The maximum Gasteiger partial charge on any atom is -0.0443 e. The van der Waals surface area contributed by atoms with Crippen molar-refractivity contribution in [3.8, 4) is 0 Å². The standard InChI is InChI=1S/C8H18.C7H16/c1-5-8(4)6-7(2)3;1-6(2)5-7(3)4/h7-8H,5-6H2,1-4H3;6-7H,5H2,1-4H3. The van der Waals surface area contributed by atoms with Crippen LogP contribution in [-0.4, -0.2) is 0 Å². The van der Waals surface area contributed by atoms with Gasteiger partial charge in [0.05, 0.1) is 0 Å². The summed E-state index contributed by atoms with van der Waals surface area (Å²) in [5.41, 5.74) is 0. The Morgan fingerprint density at radius 3 is 1.00 bits per heavy atom. The van der Waals surface area contributed by atoms with Crippen molar-refractivity contribution in [2.45, 2.75) is 74.7 Å². The fourth-order valence-corrected chi connectivity index (χ4v) is 1.91. The molecule has 0 N–H and O–H groups in total. The summed E-state index contributed by atoms with van der Waals surface area (Å²) in [5.74, 6) is 3.56. The normalized spacial score (nSPS) is 13.0. The highest BCUT2D eigenvalue weighted by atomic mass is 14.1. The zero-order chi connectivity index (χ0) is 12.4. The first-order valence-corrected chi connectivity index (χ1v) is 6.79. The van der Waals surface area contributed by atoms with Gasteiger partial charge in [-0.3, -0.25) is 0 Å². The van der Waals surface area contributed by atoms with Crippen LogP contribution in [0.3, 0.4) is 0 Å². The minimum atomic E-state index is 0.875. The Morgan fingerprint density at radius 1 is 0.600 bits per heavy atom. The van der Waals surface area contributed by atoms with Crippen LogP contribution in [0.4, 0.5) is 0 Å². The average molecular weight is 214 g/mol. The Labute approximate surface area is 98.9 Å². The number of hydrogen-bond acceptors (Lipinski definition) is 0. The van der Waals surface area contributed by atoms with Gasteiger partial charge in [-0.15, -0.1) is 0 Å². The number of rotatable bonds is 5.